The number of hydrazone groups is 1. The summed E-state index contributed by atoms with van der Waals surface area (Å²) in [7, 11) is 0. The Morgan fingerprint density at radius 1 is 2.00 bits per heavy atom. The Labute approximate surface area is 51.3 Å². The van der Waals surface area contributed by atoms with Crippen LogP contribution in [0.4, 0.5) is 0 Å². The van der Waals surface area contributed by atoms with Gasteiger partial charge in [-0.3, -0.25) is 5.43 Å². The second-order valence-corrected chi connectivity index (χ2v) is 1.63. The Kier molecular flexibility index (Phi) is 1.22. The highest BCUT2D eigenvalue weighted by Gasteiger charge is 2.14. The monoisotopic (exact) mass is 130 g/mol. The van der Waals surface area contributed by atoms with Crippen LogP contribution in [0.5, 0.6) is 0 Å². The summed E-state index contributed by atoms with van der Waals surface area (Å²) >= 11 is 5.45. The van der Waals surface area contributed by atoms with Gasteiger partial charge in [0.05, 0.1) is 0 Å². The van der Waals surface area contributed by atoms with E-state index < -0.39 is 5.62 Å². The van der Waals surface area contributed by atoms with Gasteiger partial charge in [-0.2, -0.15) is 10.4 Å². The van der Waals surface area contributed by atoms with E-state index in [9.17, 15) is 0 Å². The van der Waals surface area contributed by atoms with Crippen LogP contribution in [0.3, 0.4) is 0 Å². The van der Waals surface area contributed by atoms with Gasteiger partial charge in [-0.1, -0.05) is 11.6 Å². The maximum atomic E-state index is 8.20. The van der Waals surface area contributed by atoms with Gasteiger partial charge < -0.3 is 0 Å². The van der Waals surface area contributed by atoms with Gasteiger partial charge in [-0.05, 0) is 0 Å². The summed E-state index contributed by atoms with van der Waals surface area (Å²) in [5.41, 5.74) is 1.96. The molecule has 1 atom stereocenters. The summed E-state index contributed by atoms with van der Waals surface area (Å²) in [6, 6.07) is 0. The van der Waals surface area contributed by atoms with Crippen molar-refractivity contribution in [1.29, 1.82) is 5.26 Å². The molecule has 1 aliphatic rings. The molecule has 1 unspecified atom stereocenters. The quantitative estimate of drug-likeness (QED) is 0.282. The molecule has 0 saturated heterocycles. The van der Waals surface area contributed by atoms with Crippen molar-refractivity contribution in [2.24, 2.45) is 5.10 Å². The van der Waals surface area contributed by atoms with Crippen molar-refractivity contribution in [2.45, 2.75) is 5.62 Å². The molecule has 0 amide bonds. The number of hydrogen-bond donors (Lipinski definition) is 1. The first-order chi connectivity index (χ1) is 3.84. The van der Waals surface area contributed by atoms with Crippen LogP contribution in [0, 0.1) is 11.5 Å². The van der Waals surface area contributed by atoms with E-state index >= 15 is 0 Å². The molecule has 0 spiro atoms. The minimum atomic E-state index is -0.500. The Morgan fingerprint density at radius 2 is 2.75 bits per heavy atom. The summed E-state index contributed by atoms with van der Waals surface area (Å²) in [6.45, 7) is 0. The van der Waals surface area contributed by atoms with Crippen LogP contribution >= 0.6 is 11.6 Å². The highest BCUT2D eigenvalue weighted by molar-refractivity contribution is 6.21. The third-order valence-electron chi connectivity index (χ3n) is 0.723. The first-order valence-corrected chi connectivity index (χ1v) is 2.39. The molecule has 1 rings (SSSR count). The van der Waals surface area contributed by atoms with Gasteiger partial charge >= 0.3 is 0 Å². The van der Waals surface area contributed by atoms with E-state index in [1.165, 1.54) is 11.2 Å². The van der Waals surface area contributed by atoms with Crippen molar-refractivity contribution in [3.05, 3.63) is 0 Å². The predicted molar refractivity (Wildman–Crippen MR) is 28.7 cm³/mol. The second kappa shape index (κ2) is 1.88. The third-order valence-corrected chi connectivity index (χ3v) is 1.03. The molecule has 0 fully saturated rings. The summed E-state index contributed by atoms with van der Waals surface area (Å²) in [5, 5.41) is 11.7. The number of alkyl halides is 1. The van der Waals surface area contributed by atoms with E-state index in [1.807, 2.05) is 0 Å². The first kappa shape index (κ1) is 5.19. The molecule has 42 valence electrons. The minimum Gasteiger partial charge on any atom is -0.271 e. The molecule has 0 aromatic rings. The van der Waals surface area contributed by atoms with Crippen molar-refractivity contribution in [3.8, 4) is 6.19 Å². The van der Waals surface area contributed by atoms with Crippen molar-refractivity contribution in [1.82, 2.24) is 10.3 Å². The third kappa shape index (κ3) is 0.678. The molecule has 1 aliphatic heterocycles. The number of nitrogens with one attached hydrogen (secondary N) is 1. The normalized spacial score (nSPS) is 25.0. The number of hydrogen-bond acceptors (Lipinski definition) is 4. The van der Waals surface area contributed by atoms with E-state index in [0.29, 0.717) is 0 Å². The van der Waals surface area contributed by atoms with Crippen molar-refractivity contribution in [3.63, 3.8) is 0 Å². The Bertz CT molecular complexity index is 148. The molecule has 5 heteroatoms. The number of nitrogens with zero attached hydrogens (tertiary/aromatic N) is 3. The fourth-order valence-electron chi connectivity index (χ4n) is 0.354. The summed E-state index contributed by atoms with van der Waals surface area (Å²) in [4.78, 5) is 1.20. The molecule has 4 nitrogen and oxygen atoms in total. The molecule has 0 bridgehead atoms. The van der Waals surface area contributed by atoms with Crippen LogP contribution in [0.1, 0.15) is 0 Å². The summed E-state index contributed by atoms with van der Waals surface area (Å²) < 4.78 is 0. The molecule has 0 aromatic heterocycles. The van der Waals surface area contributed by atoms with Crippen molar-refractivity contribution >= 4 is 17.9 Å². The Morgan fingerprint density at radius 3 is 3.00 bits per heavy atom. The smallest absolute Gasteiger partial charge is 0.206 e. The maximum Gasteiger partial charge on any atom is 0.206 e. The van der Waals surface area contributed by atoms with Crippen molar-refractivity contribution < 1.29 is 0 Å². The molecule has 1 heterocycles. The minimum absolute atomic E-state index is 0.500. The average molecular weight is 131 g/mol. The van der Waals surface area contributed by atoms with Crippen LogP contribution in [-0.2, 0) is 0 Å². The van der Waals surface area contributed by atoms with Crippen LogP contribution in [0.2, 0.25) is 0 Å². The van der Waals surface area contributed by atoms with Crippen molar-refractivity contribution in [2.75, 3.05) is 0 Å². The van der Waals surface area contributed by atoms with Gasteiger partial charge in [0.25, 0.3) is 0 Å². The fraction of sp³-hybridized carbons (Fsp3) is 0.333. The van der Waals surface area contributed by atoms with E-state index in [4.69, 9.17) is 16.9 Å². The Hall–Kier alpha value is -0.950. The lowest BCUT2D eigenvalue weighted by Crippen LogP contribution is -2.27. The standard InChI is InChI=1S/C3H3ClN4/c4-3-7-6-2-8(3)1-5/h2-3,7H. The second-order valence-electron chi connectivity index (χ2n) is 1.22. The maximum absolute atomic E-state index is 8.20. The zero-order valence-corrected chi connectivity index (χ0v) is 4.63. The molecular weight excluding hydrogens is 128 g/mol. The zero-order chi connectivity index (χ0) is 5.98. The van der Waals surface area contributed by atoms with Crippen LogP contribution in [-0.4, -0.2) is 16.9 Å². The van der Waals surface area contributed by atoms with Gasteiger partial charge in [-0.15, -0.1) is 0 Å². The molecule has 8 heavy (non-hydrogen) atoms. The SMILES string of the molecule is N#CN1C=NNC1Cl. The molecule has 0 saturated carbocycles. The summed E-state index contributed by atoms with van der Waals surface area (Å²) in [6.07, 6.45) is 3.13. The lowest BCUT2D eigenvalue weighted by Gasteiger charge is -2.05. The van der Waals surface area contributed by atoms with Crippen LogP contribution < -0.4 is 5.43 Å². The Balaban J connectivity index is 2.57. The number of halogens is 1. The largest absolute Gasteiger partial charge is 0.271 e. The molecule has 1 N–H and O–H groups in total. The highest BCUT2D eigenvalue weighted by Crippen LogP contribution is 2.00. The topological polar surface area (TPSA) is 51.4 Å². The molecule has 0 radical (unpaired) electrons. The van der Waals surface area contributed by atoms with E-state index in [1.54, 1.807) is 6.19 Å². The molecular formula is C3H3ClN4. The fourth-order valence-corrected chi connectivity index (χ4v) is 0.505. The highest BCUT2D eigenvalue weighted by atomic mass is 35.5. The lowest BCUT2D eigenvalue weighted by atomic mass is 10.9. The number of nitriles is 1. The zero-order valence-electron chi connectivity index (χ0n) is 3.87. The predicted octanol–water partition coefficient (Wildman–Crippen LogP) is -0.162. The van der Waals surface area contributed by atoms with Crippen LogP contribution in [0.15, 0.2) is 5.10 Å². The van der Waals surface area contributed by atoms with E-state index in [0.717, 1.165) is 0 Å². The van der Waals surface area contributed by atoms with Gasteiger partial charge in [-0.25, -0.2) is 4.90 Å². The van der Waals surface area contributed by atoms with Gasteiger partial charge in [0.15, 0.2) is 6.19 Å². The molecule has 0 aliphatic carbocycles. The lowest BCUT2D eigenvalue weighted by molar-refractivity contribution is 0.517. The number of rotatable bonds is 0. The van der Waals surface area contributed by atoms with E-state index in [-0.39, 0.29) is 0 Å². The van der Waals surface area contributed by atoms with E-state index in [2.05, 4.69) is 10.5 Å². The van der Waals surface area contributed by atoms with Gasteiger partial charge in [0, 0.05) is 0 Å². The van der Waals surface area contributed by atoms with Gasteiger partial charge in [0.1, 0.15) is 6.34 Å². The average Bonchev–Trinajstić information content (AvgIpc) is 2.14. The van der Waals surface area contributed by atoms with Gasteiger partial charge in [0.2, 0.25) is 5.62 Å². The summed E-state index contributed by atoms with van der Waals surface area (Å²) in [5.74, 6) is 0. The molecule has 0 aromatic carbocycles. The van der Waals surface area contributed by atoms with Crippen LogP contribution in [0.25, 0.3) is 0 Å². The first-order valence-electron chi connectivity index (χ1n) is 1.95.